The molecular weight excluding hydrogens is 410 g/mol. The number of hydrogen-bond donors (Lipinski definition) is 1. The normalized spacial score (nSPS) is 23.0. The highest BCUT2D eigenvalue weighted by Gasteiger charge is 2.44. The molecule has 26 heavy (non-hydrogen) atoms. The van der Waals surface area contributed by atoms with E-state index in [9.17, 15) is 10.1 Å². The molecule has 1 aliphatic carbocycles. The Kier molecular flexibility index (Phi) is 4.51. The van der Waals surface area contributed by atoms with E-state index in [4.69, 9.17) is 5.41 Å². The third kappa shape index (κ3) is 2.72. The molecule has 2 heterocycles. The average Bonchev–Trinajstić information content (AvgIpc) is 3.16. The van der Waals surface area contributed by atoms with Crippen LogP contribution in [0, 0.1) is 22.7 Å². The van der Waals surface area contributed by atoms with Crippen molar-refractivity contribution in [2.45, 2.75) is 25.2 Å². The Hall–Kier alpha value is -2.23. The van der Waals surface area contributed by atoms with Crippen LogP contribution in [0.15, 0.2) is 56.8 Å². The minimum Gasteiger partial charge on any atom is -0.301 e. The zero-order chi connectivity index (χ0) is 18.3. The molecule has 1 N–H and O–H groups in total. The van der Waals surface area contributed by atoms with Crippen molar-refractivity contribution in [1.82, 2.24) is 0 Å². The largest absolute Gasteiger partial charge is 0.301 e. The summed E-state index contributed by atoms with van der Waals surface area (Å²) in [6.45, 7) is 0. The van der Waals surface area contributed by atoms with Crippen LogP contribution in [0.2, 0.25) is 0 Å². The van der Waals surface area contributed by atoms with Gasteiger partial charge in [0.15, 0.2) is 5.78 Å². The number of anilines is 1. The van der Waals surface area contributed by atoms with E-state index in [-0.39, 0.29) is 17.5 Å². The van der Waals surface area contributed by atoms with Gasteiger partial charge in [0.25, 0.3) is 0 Å². The van der Waals surface area contributed by atoms with Gasteiger partial charge in [-0.1, -0.05) is 15.9 Å². The molecule has 2 aromatic rings. The number of Topliss-reactive ketones (excluding diaryl/α,β-unsaturated/α-hetero) is 1. The standard InChI is InChI=1S/C20H16BrN3OS/c21-13-4-6-14(7-5-13)24-16-2-1-3-17(25)19(16)18(12-8-9-26-11-12)15(10-22)20(24)23/h4-9,11,15,18,23H,1-3H2. The number of nitrogens with one attached hydrogen (secondary N) is 1. The van der Waals surface area contributed by atoms with Gasteiger partial charge in [-0.25, -0.2) is 0 Å². The summed E-state index contributed by atoms with van der Waals surface area (Å²) >= 11 is 4.99. The first-order valence-electron chi connectivity index (χ1n) is 8.44. The van der Waals surface area contributed by atoms with E-state index in [0.717, 1.165) is 39.8 Å². The lowest BCUT2D eigenvalue weighted by Crippen LogP contribution is -2.45. The quantitative estimate of drug-likeness (QED) is 0.714. The number of carbonyl (C=O) groups is 1. The number of nitrogens with zero attached hydrogens (tertiary/aromatic N) is 2. The minimum absolute atomic E-state index is 0.109. The number of carbonyl (C=O) groups excluding carboxylic acids is 1. The first kappa shape index (κ1) is 17.2. The molecule has 0 fully saturated rings. The topological polar surface area (TPSA) is 68.0 Å². The number of nitriles is 1. The summed E-state index contributed by atoms with van der Waals surface area (Å²) in [6.07, 6.45) is 2.04. The Morgan fingerprint density at radius 2 is 2.00 bits per heavy atom. The summed E-state index contributed by atoms with van der Waals surface area (Å²) in [5, 5.41) is 22.6. The van der Waals surface area contributed by atoms with Crippen molar-refractivity contribution in [3.05, 3.63) is 62.4 Å². The van der Waals surface area contributed by atoms with E-state index < -0.39 is 5.92 Å². The van der Waals surface area contributed by atoms with Gasteiger partial charge in [-0.15, -0.1) is 0 Å². The van der Waals surface area contributed by atoms with Crippen LogP contribution in [-0.4, -0.2) is 11.6 Å². The highest BCUT2D eigenvalue weighted by atomic mass is 79.9. The van der Waals surface area contributed by atoms with Crippen molar-refractivity contribution in [2.24, 2.45) is 5.92 Å². The second-order valence-electron chi connectivity index (χ2n) is 6.48. The Labute approximate surface area is 164 Å². The van der Waals surface area contributed by atoms with E-state index in [1.54, 1.807) is 11.3 Å². The van der Waals surface area contributed by atoms with Gasteiger partial charge in [0.1, 0.15) is 11.8 Å². The molecule has 0 spiro atoms. The van der Waals surface area contributed by atoms with Gasteiger partial charge in [-0.2, -0.15) is 16.6 Å². The van der Waals surface area contributed by atoms with Crippen molar-refractivity contribution in [3.8, 4) is 6.07 Å². The van der Waals surface area contributed by atoms with Gasteiger partial charge < -0.3 is 4.90 Å². The molecule has 0 saturated carbocycles. The fourth-order valence-electron chi connectivity index (χ4n) is 3.87. The van der Waals surface area contributed by atoms with Gasteiger partial charge in [-0.05, 0) is 59.5 Å². The molecule has 2 unspecified atom stereocenters. The van der Waals surface area contributed by atoms with Crippen LogP contribution in [0.3, 0.4) is 0 Å². The molecule has 2 atom stereocenters. The third-order valence-corrected chi connectivity index (χ3v) is 6.23. The van der Waals surface area contributed by atoms with Crippen molar-refractivity contribution in [3.63, 3.8) is 0 Å². The molecule has 0 amide bonds. The predicted molar refractivity (Wildman–Crippen MR) is 106 cm³/mol. The number of amidine groups is 1. The molecule has 0 radical (unpaired) electrons. The molecule has 1 aliphatic heterocycles. The SMILES string of the molecule is N#CC1C(=N)N(c2ccc(Br)cc2)C2=C(C(=O)CCC2)C1c1ccsc1. The number of hydrogen-bond acceptors (Lipinski definition) is 4. The van der Waals surface area contributed by atoms with Crippen LogP contribution >= 0.6 is 27.3 Å². The molecule has 130 valence electrons. The summed E-state index contributed by atoms with van der Waals surface area (Å²) in [5.41, 5.74) is 3.39. The van der Waals surface area contributed by atoms with Crippen LogP contribution < -0.4 is 4.90 Å². The fourth-order valence-corrected chi connectivity index (χ4v) is 4.83. The smallest absolute Gasteiger partial charge is 0.161 e. The zero-order valence-corrected chi connectivity index (χ0v) is 16.3. The molecule has 0 bridgehead atoms. The Bertz CT molecular complexity index is 940. The second kappa shape index (κ2) is 6.82. The molecule has 0 saturated heterocycles. The lowest BCUT2D eigenvalue weighted by atomic mass is 9.72. The number of rotatable bonds is 2. The van der Waals surface area contributed by atoms with Gasteiger partial charge in [0.2, 0.25) is 0 Å². The summed E-state index contributed by atoms with van der Waals surface area (Å²) in [5.74, 6) is -0.654. The monoisotopic (exact) mass is 425 g/mol. The van der Waals surface area contributed by atoms with E-state index >= 15 is 0 Å². The maximum Gasteiger partial charge on any atom is 0.161 e. The second-order valence-corrected chi connectivity index (χ2v) is 8.17. The predicted octanol–water partition coefficient (Wildman–Crippen LogP) is 5.24. The lowest BCUT2D eigenvalue weighted by molar-refractivity contribution is -0.116. The number of ketones is 1. The highest BCUT2D eigenvalue weighted by Crippen LogP contribution is 2.46. The Balaban J connectivity index is 1.94. The molecule has 6 heteroatoms. The van der Waals surface area contributed by atoms with E-state index in [1.165, 1.54) is 0 Å². The number of halogens is 1. The van der Waals surface area contributed by atoms with Crippen molar-refractivity contribution < 1.29 is 4.79 Å². The maximum atomic E-state index is 12.9. The van der Waals surface area contributed by atoms with Gasteiger partial charge in [0.05, 0.1) is 6.07 Å². The first-order chi connectivity index (χ1) is 12.6. The molecule has 4 rings (SSSR count). The number of benzene rings is 1. The van der Waals surface area contributed by atoms with Gasteiger partial charge in [-0.3, -0.25) is 10.2 Å². The van der Waals surface area contributed by atoms with Crippen LogP contribution in [0.1, 0.15) is 30.7 Å². The molecule has 2 aliphatic rings. The third-order valence-electron chi connectivity index (χ3n) is 5.00. The fraction of sp³-hybridized carbons (Fsp3) is 0.250. The van der Waals surface area contributed by atoms with E-state index in [1.807, 2.05) is 46.0 Å². The zero-order valence-electron chi connectivity index (χ0n) is 13.9. The number of allylic oxidation sites excluding steroid dienone is 2. The van der Waals surface area contributed by atoms with E-state index in [2.05, 4.69) is 22.0 Å². The van der Waals surface area contributed by atoms with Crippen molar-refractivity contribution in [2.75, 3.05) is 4.90 Å². The summed E-state index contributed by atoms with van der Waals surface area (Å²) < 4.78 is 0.951. The molecular formula is C20H16BrN3OS. The molecule has 1 aromatic carbocycles. The summed E-state index contributed by atoms with van der Waals surface area (Å²) in [7, 11) is 0. The van der Waals surface area contributed by atoms with Crippen LogP contribution in [0.25, 0.3) is 0 Å². The Morgan fingerprint density at radius 3 is 2.65 bits per heavy atom. The first-order valence-corrected chi connectivity index (χ1v) is 10.2. The number of thiophene rings is 1. The van der Waals surface area contributed by atoms with Crippen LogP contribution in [0.5, 0.6) is 0 Å². The van der Waals surface area contributed by atoms with Crippen LogP contribution in [-0.2, 0) is 4.79 Å². The van der Waals surface area contributed by atoms with Crippen molar-refractivity contribution in [1.29, 1.82) is 10.7 Å². The lowest BCUT2D eigenvalue weighted by Gasteiger charge is -2.42. The minimum atomic E-state index is -0.672. The maximum absolute atomic E-state index is 12.9. The summed E-state index contributed by atoms with van der Waals surface area (Å²) in [4.78, 5) is 14.7. The van der Waals surface area contributed by atoms with Gasteiger partial charge in [0, 0.05) is 33.8 Å². The van der Waals surface area contributed by atoms with Gasteiger partial charge >= 0.3 is 0 Å². The average molecular weight is 426 g/mol. The van der Waals surface area contributed by atoms with E-state index in [0.29, 0.717) is 6.42 Å². The molecule has 4 nitrogen and oxygen atoms in total. The molecule has 1 aromatic heterocycles. The highest BCUT2D eigenvalue weighted by molar-refractivity contribution is 9.10. The summed E-state index contributed by atoms with van der Waals surface area (Å²) in [6, 6.07) is 11.9. The van der Waals surface area contributed by atoms with Crippen molar-refractivity contribution >= 4 is 44.6 Å². The Morgan fingerprint density at radius 1 is 1.23 bits per heavy atom. The van der Waals surface area contributed by atoms with Crippen LogP contribution in [0.4, 0.5) is 5.69 Å².